The van der Waals surface area contributed by atoms with Crippen LogP contribution in [0.15, 0.2) is 48.8 Å². The van der Waals surface area contributed by atoms with Gasteiger partial charge in [-0.1, -0.05) is 37.3 Å². The summed E-state index contributed by atoms with van der Waals surface area (Å²) < 4.78 is 2.79. The molecule has 0 aliphatic rings. The Balaban J connectivity index is 2.04. The largest absolute Gasteiger partial charge is 0.369 e. The van der Waals surface area contributed by atoms with Gasteiger partial charge in [0.15, 0.2) is 0 Å². The minimum Gasteiger partial charge on any atom is -0.244 e. The zero-order chi connectivity index (χ0) is 15.5. The maximum atomic E-state index is 12.6. The monoisotopic (exact) mass is 294 g/mol. The minimum absolute atomic E-state index is 0.251. The summed E-state index contributed by atoms with van der Waals surface area (Å²) in [6.07, 6.45) is 4.70. The molecule has 0 amide bonds. The van der Waals surface area contributed by atoms with E-state index in [0.29, 0.717) is 6.42 Å². The van der Waals surface area contributed by atoms with Crippen LogP contribution in [0.25, 0.3) is 0 Å². The Morgan fingerprint density at radius 3 is 2.59 bits per heavy atom. The summed E-state index contributed by atoms with van der Waals surface area (Å²) >= 11 is 0. The van der Waals surface area contributed by atoms with E-state index in [1.807, 2.05) is 32.0 Å². The van der Waals surface area contributed by atoms with E-state index < -0.39 is 0 Å². The Labute approximate surface area is 129 Å². The zero-order valence-electron chi connectivity index (χ0n) is 12.7. The number of benzene rings is 1. The first kappa shape index (κ1) is 14.3. The highest BCUT2D eigenvalue weighted by Crippen LogP contribution is 2.18. The molecule has 0 aliphatic heterocycles. The van der Waals surface area contributed by atoms with Gasteiger partial charge < -0.3 is 0 Å². The third-order valence-corrected chi connectivity index (χ3v) is 3.77. The Morgan fingerprint density at radius 1 is 1.18 bits per heavy atom. The van der Waals surface area contributed by atoms with Gasteiger partial charge in [-0.15, -0.1) is 0 Å². The smallest absolute Gasteiger partial charge is 0.244 e. The van der Waals surface area contributed by atoms with Gasteiger partial charge in [-0.25, -0.2) is 4.79 Å². The number of aryl methyl sites for hydroxylation is 1. The van der Waals surface area contributed by atoms with Gasteiger partial charge in [-0.3, -0.25) is 0 Å². The number of aromatic nitrogens is 4. The van der Waals surface area contributed by atoms with Crippen LogP contribution in [0.5, 0.6) is 0 Å². The Morgan fingerprint density at radius 2 is 1.95 bits per heavy atom. The molecular weight excluding hydrogens is 276 g/mol. The summed E-state index contributed by atoms with van der Waals surface area (Å²) in [6, 6.07) is 11.6. The second kappa shape index (κ2) is 5.97. The predicted octanol–water partition coefficient (Wildman–Crippen LogP) is 3.06. The van der Waals surface area contributed by atoms with Gasteiger partial charge >= 0.3 is 6.03 Å². The molecule has 2 aromatic heterocycles. The molecular formula is C17H18N4O. The molecule has 0 atom stereocenters. The number of rotatable bonds is 3. The van der Waals surface area contributed by atoms with Crippen molar-refractivity contribution >= 4 is 6.03 Å². The van der Waals surface area contributed by atoms with E-state index in [9.17, 15) is 4.79 Å². The van der Waals surface area contributed by atoms with Crippen molar-refractivity contribution in [3.05, 3.63) is 71.3 Å². The molecule has 0 saturated heterocycles. The molecule has 3 rings (SSSR count). The fourth-order valence-electron chi connectivity index (χ4n) is 2.55. The van der Waals surface area contributed by atoms with Crippen LogP contribution >= 0.6 is 0 Å². The average Bonchev–Trinajstić information content (AvgIpc) is 3.17. The van der Waals surface area contributed by atoms with Crippen molar-refractivity contribution in [2.24, 2.45) is 0 Å². The summed E-state index contributed by atoms with van der Waals surface area (Å²) in [7, 11) is 0. The zero-order valence-corrected chi connectivity index (χ0v) is 12.7. The first-order valence-corrected chi connectivity index (χ1v) is 7.36. The third kappa shape index (κ3) is 2.57. The number of carbonyl (C=O) groups excluding carboxylic acids is 1. The molecule has 0 saturated carbocycles. The lowest BCUT2D eigenvalue weighted by molar-refractivity contribution is 0.237. The normalized spacial score (nSPS) is 10.8. The molecule has 0 aliphatic carbocycles. The highest BCUT2D eigenvalue weighted by molar-refractivity contribution is 5.78. The van der Waals surface area contributed by atoms with Crippen LogP contribution in [0, 0.1) is 6.92 Å². The number of hydrogen-bond donors (Lipinski definition) is 0. The third-order valence-electron chi connectivity index (χ3n) is 3.77. The first-order chi connectivity index (χ1) is 10.7. The number of hydrogen-bond acceptors (Lipinski definition) is 3. The van der Waals surface area contributed by atoms with Gasteiger partial charge in [0.25, 0.3) is 0 Å². The lowest BCUT2D eigenvalue weighted by atomic mass is 10.1. The van der Waals surface area contributed by atoms with Gasteiger partial charge in [0, 0.05) is 18.8 Å². The Kier molecular flexibility index (Phi) is 3.87. The summed E-state index contributed by atoms with van der Waals surface area (Å²) in [5.74, 6) is 0. The molecule has 0 radical (unpaired) electrons. The van der Waals surface area contributed by atoms with Crippen LogP contribution in [0.4, 0.5) is 4.79 Å². The van der Waals surface area contributed by atoms with E-state index in [0.717, 1.165) is 28.9 Å². The highest BCUT2D eigenvalue weighted by Gasteiger charge is 2.19. The van der Waals surface area contributed by atoms with E-state index in [4.69, 9.17) is 0 Å². The van der Waals surface area contributed by atoms with E-state index in [-0.39, 0.29) is 6.03 Å². The molecule has 22 heavy (non-hydrogen) atoms. The summed E-state index contributed by atoms with van der Waals surface area (Å²) in [6.45, 7) is 4.07. The van der Waals surface area contributed by atoms with E-state index in [1.54, 1.807) is 18.5 Å². The number of carbonyl (C=O) groups is 1. The molecule has 0 unspecified atom stereocenters. The van der Waals surface area contributed by atoms with Crippen molar-refractivity contribution in [3.63, 3.8) is 0 Å². The second-order valence-electron chi connectivity index (χ2n) is 5.18. The van der Waals surface area contributed by atoms with E-state index in [1.165, 1.54) is 9.36 Å². The molecule has 112 valence electrons. The molecule has 0 fully saturated rings. The van der Waals surface area contributed by atoms with Crippen molar-refractivity contribution in [1.82, 2.24) is 19.6 Å². The quantitative estimate of drug-likeness (QED) is 0.746. The molecule has 0 spiro atoms. The van der Waals surface area contributed by atoms with Crippen LogP contribution in [0.2, 0.25) is 0 Å². The lowest BCUT2D eigenvalue weighted by Crippen LogP contribution is -2.23. The van der Waals surface area contributed by atoms with Crippen LogP contribution in [-0.4, -0.2) is 25.6 Å². The van der Waals surface area contributed by atoms with Crippen molar-refractivity contribution in [2.75, 3.05) is 0 Å². The fraction of sp³-hybridized carbons (Fsp3) is 0.235. The standard InChI is InChI=1S/C17H18N4O/c1-3-15-13(2)16(12-14-8-5-4-6-9-14)21(19-15)17(22)20-11-7-10-18-20/h4-11H,3,12H2,1-2H3. The molecule has 2 heterocycles. The Hall–Kier alpha value is -2.69. The molecule has 1 aromatic carbocycles. The maximum absolute atomic E-state index is 12.6. The molecule has 5 heteroatoms. The van der Waals surface area contributed by atoms with Crippen molar-refractivity contribution in [2.45, 2.75) is 26.7 Å². The van der Waals surface area contributed by atoms with Crippen LogP contribution in [0.1, 0.15) is 29.4 Å². The highest BCUT2D eigenvalue weighted by atomic mass is 16.2. The second-order valence-corrected chi connectivity index (χ2v) is 5.18. The molecule has 5 nitrogen and oxygen atoms in total. The average molecular weight is 294 g/mol. The summed E-state index contributed by atoms with van der Waals surface area (Å²) in [4.78, 5) is 12.6. The van der Waals surface area contributed by atoms with Crippen LogP contribution < -0.4 is 0 Å². The molecule has 0 bridgehead atoms. The number of nitrogens with zero attached hydrogens (tertiary/aromatic N) is 4. The molecule has 0 N–H and O–H groups in total. The van der Waals surface area contributed by atoms with Crippen LogP contribution in [0.3, 0.4) is 0 Å². The van der Waals surface area contributed by atoms with Gasteiger partial charge in [-0.2, -0.15) is 19.6 Å². The van der Waals surface area contributed by atoms with Gasteiger partial charge in [0.1, 0.15) is 0 Å². The SMILES string of the molecule is CCc1nn(C(=O)n2cccn2)c(Cc2ccccc2)c1C. The maximum Gasteiger partial charge on any atom is 0.369 e. The first-order valence-electron chi connectivity index (χ1n) is 7.36. The minimum atomic E-state index is -0.251. The topological polar surface area (TPSA) is 52.7 Å². The van der Waals surface area contributed by atoms with E-state index >= 15 is 0 Å². The van der Waals surface area contributed by atoms with E-state index in [2.05, 4.69) is 22.3 Å². The predicted molar refractivity (Wildman–Crippen MR) is 84.0 cm³/mol. The molecule has 3 aromatic rings. The summed E-state index contributed by atoms with van der Waals surface area (Å²) in [5.41, 5.74) is 4.10. The summed E-state index contributed by atoms with van der Waals surface area (Å²) in [5, 5.41) is 8.50. The fourth-order valence-corrected chi connectivity index (χ4v) is 2.55. The Bertz CT molecular complexity index is 773. The van der Waals surface area contributed by atoms with Crippen molar-refractivity contribution in [1.29, 1.82) is 0 Å². The van der Waals surface area contributed by atoms with Gasteiger partial charge in [-0.05, 0) is 30.5 Å². The lowest BCUT2D eigenvalue weighted by Gasteiger charge is -2.07. The van der Waals surface area contributed by atoms with Crippen molar-refractivity contribution < 1.29 is 4.79 Å². The van der Waals surface area contributed by atoms with Gasteiger partial charge in [0.2, 0.25) is 0 Å². The van der Waals surface area contributed by atoms with Crippen LogP contribution in [-0.2, 0) is 12.8 Å². The van der Waals surface area contributed by atoms with Crippen molar-refractivity contribution in [3.8, 4) is 0 Å². The van der Waals surface area contributed by atoms with Gasteiger partial charge in [0.05, 0.1) is 11.4 Å².